The lowest BCUT2D eigenvalue weighted by Crippen LogP contribution is -2.14. The van der Waals surface area contributed by atoms with Crippen molar-refractivity contribution in [3.8, 4) is 0 Å². The molecule has 19 heavy (non-hydrogen) atoms. The predicted octanol–water partition coefficient (Wildman–Crippen LogP) is 0.787. The van der Waals surface area contributed by atoms with Crippen molar-refractivity contribution in [2.24, 2.45) is 7.05 Å². The Kier molecular flexibility index (Phi) is 4.17. The molecule has 0 aromatic carbocycles. The van der Waals surface area contributed by atoms with E-state index in [1.54, 1.807) is 16.8 Å². The summed E-state index contributed by atoms with van der Waals surface area (Å²) in [4.78, 5) is 0.220. The van der Waals surface area contributed by atoms with Crippen LogP contribution in [0.4, 0.5) is 5.13 Å². The zero-order valence-corrected chi connectivity index (χ0v) is 12.3. The molecule has 0 aliphatic carbocycles. The van der Waals surface area contributed by atoms with Gasteiger partial charge < -0.3 is 9.88 Å². The van der Waals surface area contributed by atoms with Gasteiger partial charge in [0.25, 0.3) is 10.0 Å². The van der Waals surface area contributed by atoms with Gasteiger partial charge in [0.2, 0.25) is 5.13 Å². The third kappa shape index (κ3) is 3.31. The standard InChI is InChI=1S/C10H15N5O2S2/c1-3-11-5-8-4-9(6-15(8)2)19(16,17)14-10-13-12-7-18-10/h4,6-7,11H,3,5H2,1-2H3,(H,13,14). The minimum Gasteiger partial charge on any atom is -0.352 e. The van der Waals surface area contributed by atoms with E-state index >= 15 is 0 Å². The molecule has 0 aliphatic rings. The maximum Gasteiger partial charge on any atom is 0.265 e. The minimum atomic E-state index is -3.60. The van der Waals surface area contributed by atoms with Gasteiger partial charge in [-0.05, 0) is 12.6 Å². The average molecular weight is 301 g/mol. The molecule has 0 aliphatic heterocycles. The Morgan fingerprint density at radius 1 is 1.47 bits per heavy atom. The Hall–Kier alpha value is -1.45. The number of rotatable bonds is 6. The molecule has 2 aromatic heterocycles. The van der Waals surface area contributed by atoms with Gasteiger partial charge in [-0.3, -0.25) is 4.72 Å². The van der Waals surface area contributed by atoms with E-state index < -0.39 is 10.0 Å². The Bertz CT molecular complexity index is 633. The number of nitrogens with one attached hydrogen (secondary N) is 2. The first-order chi connectivity index (χ1) is 9.03. The lowest BCUT2D eigenvalue weighted by atomic mass is 10.4. The van der Waals surface area contributed by atoms with Gasteiger partial charge in [-0.25, -0.2) is 8.42 Å². The van der Waals surface area contributed by atoms with Crippen LogP contribution >= 0.6 is 11.3 Å². The third-order valence-corrected chi connectivity index (χ3v) is 4.57. The zero-order valence-electron chi connectivity index (χ0n) is 10.6. The number of sulfonamides is 1. The summed E-state index contributed by atoms with van der Waals surface area (Å²) in [6.45, 7) is 3.45. The maximum atomic E-state index is 12.1. The van der Waals surface area contributed by atoms with E-state index in [1.165, 1.54) is 5.51 Å². The monoisotopic (exact) mass is 301 g/mol. The van der Waals surface area contributed by atoms with Gasteiger partial charge in [0.1, 0.15) is 10.4 Å². The molecule has 2 aromatic rings. The van der Waals surface area contributed by atoms with Gasteiger partial charge in [0.15, 0.2) is 0 Å². The van der Waals surface area contributed by atoms with Gasteiger partial charge in [0.05, 0.1) is 0 Å². The van der Waals surface area contributed by atoms with Crippen molar-refractivity contribution < 1.29 is 8.42 Å². The highest BCUT2D eigenvalue weighted by Crippen LogP contribution is 2.18. The normalized spacial score (nSPS) is 11.7. The van der Waals surface area contributed by atoms with Crippen molar-refractivity contribution in [3.63, 3.8) is 0 Å². The van der Waals surface area contributed by atoms with Crippen LogP contribution in [0.1, 0.15) is 12.6 Å². The van der Waals surface area contributed by atoms with Gasteiger partial charge in [-0.15, -0.1) is 10.2 Å². The molecule has 0 saturated carbocycles. The van der Waals surface area contributed by atoms with Crippen molar-refractivity contribution in [1.29, 1.82) is 0 Å². The van der Waals surface area contributed by atoms with Gasteiger partial charge >= 0.3 is 0 Å². The first-order valence-electron chi connectivity index (χ1n) is 5.68. The Morgan fingerprint density at radius 2 is 2.26 bits per heavy atom. The molecule has 0 fully saturated rings. The molecule has 2 heterocycles. The Labute approximate surface area is 115 Å². The fourth-order valence-electron chi connectivity index (χ4n) is 1.54. The van der Waals surface area contributed by atoms with Gasteiger partial charge in [-0.2, -0.15) is 0 Å². The maximum absolute atomic E-state index is 12.1. The molecule has 104 valence electrons. The molecule has 0 bridgehead atoms. The van der Waals surface area contributed by atoms with Gasteiger partial charge in [-0.1, -0.05) is 18.3 Å². The van der Waals surface area contributed by atoms with Crippen LogP contribution in [0, 0.1) is 0 Å². The van der Waals surface area contributed by atoms with E-state index in [0.717, 1.165) is 23.6 Å². The lowest BCUT2D eigenvalue weighted by Gasteiger charge is -2.01. The minimum absolute atomic E-state index is 0.220. The number of aromatic nitrogens is 3. The summed E-state index contributed by atoms with van der Waals surface area (Å²) in [7, 11) is -1.78. The Balaban J connectivity index is 2.21. The lowest BCUT2D eigenvalue weighted by molar-refractivity contribution is 0.601. The van der Waals surface area contributed by atoms with Crippen molar-refractivity contribution in [1.82, 2.24) is 20.1 Å². The van der Waals surface area contributed by atoms with E-state index in [0.29, 0.717) is 6.54 Å². The quantitative estimate of drug-likeness (QED) is 0.823. The molecule has 9 heteroatoms. The van der Waals surface area contributed by atoms with Crippen molar-refractivity contribution in [3.05, 3.63) is 23.5 Å². The highest BCUT2D eigenvalue weighted by atomic mass is 32.2. The molecule has 0 saturated heterocycles. The summed E-state index contributed by atoms with van der Waals surface area (Å²) in [6, 6.07) is 1.64. The first-order valence-corrected chi connectivity index (χ1v) is 8.04. The van der Waals surface area contributed by atoms with E-state index in [9.17, 15) is 8.42 Å². The fraction of sp³-hybridized carbons (Fsp3) is 0.400. The second-order valence-corrected chi connectivity index (χ2v) is 6.42. The topological polar surface area (TPSA) is 88.9 Å². The van der Waals surface area contributed by atoms with Gasteiger partial charge in [0, 0.05) is 25.5 Å². The van der Waals surface area contributed by atoms with Crippen LogP contribution in [-0.4, -0.2) is 29.7 Å². The summed E-state index contributed by atoms with van der Waals surface area (Å²) < 4.78 is 28.4. The van der Waals surface area contributed by atoms with Crippen molar-refractivity contribution in [2.75, 3.05) is 11.3 Å². The zero-order chi connectivity index (χ0) is 13.9. The first kappa shape index (κ1) is 14.0. The van der Waals surface area contributed by atoms with Crippen LogP contribution in [0.5, 0.6) is 0 Å². The largest absolute Gasteiger partial charge is 0.352 e. The molecule has 0 spiro atoms. The molecular formula is C10H15N5O2S2. The number of hydrogen-bond donors (Lipinski definition) is 2. The van der Waals surface area contributed by atoms with Crippen LogP contribution in [0.3, 0.4) is 0 Å². The summed E-state index contributed by atoms with van der Waals surface area (Å²) >= 11 is 1.14. The summed E-state index contributed by atoms with van der Waals surface area (Å²) in [6.07, 6.45) is 1.58. The van der Waals surface area contributed by atoms with E-state index in [4.69, 9.17) is 0 Å². The van der Waals surface area contributed by atoms with Crippen LogP contribution in [0.2, 0.25) is 0 Å². The number of anilines is 1. The molecular weight excluding hydrogens is 286 g/mol. The fourth-order valence-corrected chi connectivity index (χ4v) is 3.33. The van der Waals surface area contributed by atoms with E-state index in [1.807, 2.05) is 14.0 Å². The molecule has 2 rings (SSSR count). The van der Waals surface area contributed by atoms with Crippen LogP contribution in [0.25, 0.3) is 0 Å². The molecule has 0 atom stereocenters. The van der Waals surface area contributed by atoms with Crippen LogP contribution in [-0.2, 0) is 23.6 Å². The van der Waals surface area contributed by atoms with Crippen molar-refractivity contribution in [2.45, 2.75) is 18.4 Å². The SMILES string of the molecule is CCNCc1cc(S(=O)(=O)Nc2nncs2)cn1C. The molecule has 0 amide bonds. The second-order valence-electron chi connectivity index (χ2n) is 3.91. The molecule has 7 nitrogen and oxygen atoms in total. The smallest absolute Gasteiger partial charge is 0.265 e. The summed E-state index contributed by atoms with van der Waals surface area (Å²) in [5.74, 6) is 0. The third-order valence-electron chi connectivity index (χ3n) is 2.53. The van der Waals surface area contributed by atoms with E-state index in [2.05, 4.69) is 20.2 Å². The number of hydrogen-bond acceptors (Lipinski definition) is 6. The number of nitrogens with zero attached hydrogens (tertiary/aromatic N) is 3. The van der Waals surface area contributed by atoms with Crippen LogP contribution in [0.15, 0.2) is 22.7 Å². The molecule has 0 radical (unpaired) electrons. The highest BCUT2D eigenvalue weighted by molar-refractivity contribution is 7.93. The average Bonchev–Trinajstić information content (AvgIpc) is 2.96. The summed E-state index contributed by atoms with van der Waals surface area (Å²) in [5.41, 5.74) is 2.37. The van der Waals surface area contributed by atoms with Crippen molar-refractivity contribution >= 4 is 26.5 Å². The van der Waals surface area contributed by atoms with Crippen LogP contribution < -0.4 is 10.0 Å². The highest BCUT2D eigenvalue weighted by Gasteiger charge is 2.18. The number of aryl methyl sites for hydroxylation is 1. The predicted molar refractivity (Wildman–Crippen MR) is 73.5 cm³/mol. The Morgan fingerprint density at radius 3 is 2.89 bits per heavy atom. The summed E-state index contributed by atoms with van der Waals surface area (Å²) in [5, 5.41) is 10.7. The molecule has 0 unspecified atom stereocenters. The van der Waals surface area contributed by atoms with E-state index in [-0.39, 0.29) is 10.0 Å². The second kappa shape index (κ2) is 5.68. The molecule has 2 N–H and O–H groups in total.